The van der Waals surface area contributed by atoms with Crippen molar-refractivity contribution in [3.8, 4) is 0 Å². The fraction of sp³-hybridized carbons (Fsp3) is 0.579. The lowest BCUT2D eigenvalue weighted by Gasteiger charge is -2.27. The predicted octanol–water partition coefficient (Wildman–Crippen LogP) is 2.99. The van der Waals surface area contributed by atoms with E-state index >= 15 is 0 Å². The summed E-state index contributed by atoms with van der Waals surface area (Å²) < 4.78 is 4.83. The second-order valence-corrected chi connectivity index (χ2v) is 6.19. The van der Waals surface area contributed by atoms with E-state index in [0.717, 1.165) is 26.1 Å². The SMILES string of the molecule is CCCC(C)(NC(=O)c1ccc(CN(CC)CC)cc1)C(=O)OC. The Morgan fingerprint density at radius 3 is 2.17 bits per heavy atom. The van der Waals surface area contributed by atoms with E-state index in [9.17, 15) is 9.59 Å². The number of hydrogen-bond donors (Lipinski definition) is 1. The van der Waals surface area contributed by atoms with Crippen molar-refractivity contribution in [1.82, 2.24) is 10.2 Å². The number of amides is 1. The molecule has 0 heterocycles. The Labute approximate surface area is 145 Å². The first kappa shape index (κ1) is 20.2. The molecular weight excluding hydrogens is 304 g/mol. The van der Waals surface area contributed by atoms with Gasteiger partial charge in [-0.25, -0.2) is 4.79 Å². The highest BCUT2D eigenvalue weighted by molar-refractivity contribution is 5.98. The van der Waals surface area contributed by atoms with Crippen LogP contribution in [-0.4, -0.2) is 42.5 Å². The van der Waals surface area contributed by atoms with E-state index in [-0.39, 0.29) is 5.91 Å². The number of ether oxygens (including phenoxy) is 1. The molecule has 0 fully saturated rings. The van der Waals surface area contributed by atoms with Crippen molar-refractivity contribution in [3.05, 3.63) is 35.4 Å². The highest BCUT2D eigenvalue weighted by Gasteiger charge is 2.35. The van der Waals surface area contributed by atoms with Gasteiger partial charge in [0.2, 0.25) is 0 Å². The lowest BCUT2D eigenvalue weighted by Crippen LogP contribution is -2.52. The van der Waals surface area contributed by atoms with Crippen molar-refractivity contribution in [3.63, 3.8) is 0 Å². The standard InChI is InChI=1S/C19H30N2O3/c1-6-13-19(4,18(23)24-5)20-17(22)16-11-9-15(10-12-16)14-21(7-2)8-3/h9-12H,6-8,13-14H2,1-5H3,(H,20,22). The summed E-state index contributed by atoms with van der Waals surface area (Å²) >= 11 is 0. The monoisotopic (exact) mass is 334 g/mol. The third kappa shape index (κ3) is 5.34. The van der Waals surface area contributed by atoms with Crippen molar-refractivity contribution in [2.45, 2.75) is 52.6 Å². The maximum Gasteiger partial charge on any atom is 0.331 e. The van der Waals surface area contributed by atoms with E-state index in [1.807, 2.05) is 19.1 Å². The van der Waals surface area contributed by atoms with Gasteiger partial charge in [0.15, 0.2) is 0 Å². The van der Waals surface area contributed by atoms with E-state index in [1.165, 1.54) is 12.7 Å². The summed E-state index contributed by atoms with van der Waals surface area (Å²) in [6.07, 6.45) is 1.31. The van der Waals surface area contributed by atoms with Crippen LogP contribution in [0.25, 0.3) is 0 Å². The van der Waals surface area contributed by atoms with Gasteiger partial charge in [-0.05, 0) is 44.1 Å². The molecule has 1 rings (SSSR count). The molecule has 1 atom stereocenters. The summed E-state index contributed by atoms with van der Waals surface area (Å²) in [6, 6.07) is 7.53. The van der Waals surface area contributed by atoms with E-state index in [0.29, 0.717) is 12.0 Å². The Kier molecular flexibility index (Phi) is 7.92. The van der Waals surface area contributed by atoms with Crippen LogP contribution in [0.5, 0.6) is 0 Å². The Morgan fingerprint density at radius 1 is 1.12 bits per heavy atom. The van der Waals surface area contributed by atoms with Crippen LogP contribution in [0.2, 0.25) is 0 Å². The molecule has 0 aliphatic heterocycles. The zero-order chi connectivity index (χ0) is 18.2. The van der Waals surface area contributed by atoms with Gasteiger partial charge >= 0.3 is 5.97 Å². The lowest BCUT2D eigenvalue weighted by atomic mass is 9.95. The third-order valence-electron chi connectivity index (χ3n) is 4.29. The van der Waals surface area contributed by atoms with Gasteiger partial charge in [-0.15, -0.1) is 0 Å². The molecule has 0 aliphatic rings. The number of esters is 1. The minimum Gasteiger partial charge on any atom is -0.467 e. The van der Waals surface area contributed by atoms with Crippen LogP contribution in [0.15, 0.2) is 24.3 Å². The molecule has 0 aliphatic carbocycles. The maximum atomic E-state index is 12.5. The largest absolute Gasteiger partial charge is 0.467 e. The Bertz CT molecular complexity index is 538. The number of benzene rings is 1. The first-order valence-electron chi connectivity index (χ1n) is 8.62. The van der Waals surface area contributed by atoms with Crippen molar-refractivity contribution >= 4 is 11.9 Å². The summed E-state index contributed by atoms with van der Waals surface area (Å²) in [5.74, 6) is -0.679. The summed E-state index contributed by atoms with van der Waals surface area (Å²) in [5.41, 5.74) is 0.713. The fourth-order valence-electron chi connectivity index (χ4n) is 2.73. The summed E-state index contributed by atoms with van der Waals surface area (Å²) in [6.45, 7) is 10.8. The average molecular weight is 334 g/mol. The third-order valence-corrected chi connectivity index (χ3v) is 4.29. The molecule has 0 radical (unpaired) electrons. The van der Waals surface area contributed by atoms with Crippen molar-refractivity contribution < 1.29 is 14.3 Å². The first-order chi connectivity index (χ1) is 11.4. The molecule has 1 amide bonds. The molecule has 24 heavy (non-hydrogen) atoms. The molecule has 134 valence electrons. The molecule has 1 aromatic carbocycles. The van der Waals surface area contributed by atoms with Gasteiger partial charge in [0.05, 0.1) is 7.11 Å². The van der Waals surface area contributed by atoms with Crippen LogP contribution in [-0.2, 0) is 16.1 Å². The van der Waals surface area contributed by atoms with E-state index in [2.05, 4.69) is 24.1 Å². The summed E-state index contributed by atoms with van der Waals surface area (Å²) in [5, 5.41) is 2.82. The van der Waals surface area contributed by atoms with Crippen LogP contribution in [0.1, 0.15) is 56.5 Å². The number of nitrogens with zero attached hydrogens (tertiary/aromatic N) is 1. The predicted molar refractivity (Wildman–Crippen MR) is 95.9 cm³/mol. The highest BCUT2D eigenvalue weighted by Crippen LogP contribution is 2.16. The van der Waals surface area contributed by atoms with Gasteiger partial charge in [0.1, 0.15) is 5.54 Å². The zero-order valence-corrected chi connectivity index (χ0v) is 15.5. The number of hydrogen-bond acceptors (Lipinski definition) is 4. The second-order valence-electron chi connectivity index (χ2n) is 6.19. The van der Waals surface area contributed by atoms with E-state index in [1.54, 1.807) is 19.1 Å². The Morgan fingerprint density at radius 2 is 1.71 bits per heavy atom. The van der Waals surface area contributed by atoms with Crippen LogP contribution in [0.3, 0.4) is 0 Å². The maximum absolute atomic E-state index is 12.5. The van der Waals surface area contributed by atoms with Crippen LogP contribution in [0.4, 0.5) is 0 Å². The van der Waals surface area contributed by atoms with Gasteiger partial charge in [-0.1, -0.05) is 39.3 Å². The normalized spacial score (nSPS) is 13.4. The molecule has 1 N–H and O–H groups in total. The van der Waals surface area contributed by atoms with Crippen LogP contribution >= 0.6 is 0 Å². The number of rotatable bonds is 9. The van der Waals surface area contributed by atoms with Crippen molar-refractivity contribution in [2.75, 3.05) is 20.2 Å². The topological polar surface area (TPSA) is 58.6 Å². The van der Waals surface area contributed by atoms with Crippen LogP contribution in [0, 0.1) is 0 Å². The average Bonchev–Trinajstić information content (AvgIpc) is 2.59. The molecule has 1 unspecified atom stereocenters. The fourth-order valence-corrected chi connectivity index (χ4v) is 2.73. The van der Waals surface area contributed by atoms with Gasteiger partial charge in [0, 0.05) is 12.1 Å². The minimum atomic E-state index is -1.000. The quantitative estimate of drug-likeness (QED) is 0.705. The first-order valence-corrected chi connectivity index (χ1v) is 8.62. The number of methoxy groups -OCH3 is 1. The van der Waals surface area contributed by atoms with Gasteiger partial charge in [-0.3, -0.25) is 9.69 Å². The van der Waals surface area contributed by atoms with E-state index in [4.69, 9.17) is 4.74 Å². The molecule has 1 aromatic rings. The van der Waals surface area contributed by atoms with Gasteiger partial charge in [-0.2, -0.15) is 0 Å². The molecular formula is C19H30N2O3. The van der Waals surface area contributed by atoms with Gasteiger partial charge in [0.25, 0.3) is 5.91 Å². The molecule has 0 bridgehead atoms. The van der Waals surface area contributed by atoms with Crippen LogP contribution < -0.4 is 5.32 Å². The summed E-state index contributed by atoms with van der Waals surface area (Å²) in [7, 11) is 1.34. The smallest absolute Gasteiger partial charge is 0.331 e. The molecule has 0 saturated carbocycles. The van der Waals surface area contributed by atoms with Crippen molar-refractivity contribution in [2.24, 2.45) is 0 Å². The number of nitrogens with one attached hydrogen (secondary N) is 1. The molecule has 5 nitrogen and oxygen atoms in total. The molecule has 0 saturated heterocycles. The minimum absolute atomic E-state index is 0.259. The number of carbonyl (C=O) groups is 2. The zero-order valence-electron chi connectivity index (χ0n) is 15.5. The molecule has 5 heteroatoms. The number of carbonyl (C=O) groups excluding carboxylic acids is 2. The Balaban J connectivity index is 2.82. The summed E-state index contributed by atoms with van der Waals surface area (Å²) in [4.78, 5) is 26.8. The molecule has 0 spiro atoms. The van der Waals surface area contributed by atoms with Gasteiger partial charge < -0.3 is 10.1 Å². The highest BCUT2D eigenvalue weighted by atomic mass is 16.5. The van der Waals surface area contributed by atoms with E-state index < -0.39 is 11.5 Å². The van der Waals surface area contributed by atoms with Crippen molar-refractivity contribution in [1.29, 1.82) is 0 Å². The Hall–Kier alpha value is -1.88. The lowest BCUT2D eigenvalue weighted by molar-refractivity contribution is -0.147. The molecule has 0 aromatic heterocycles. The second kappa shape index (κ2) is 9.42.